The zero-order chi connectivity index (χ0) is 18.6. The van der Waals surface area contributed by atoms with Gasteiger partial charge in [0.2, 0.25) is 0 Å². The molecule has 1 saturated heterocycles. The van der Waals surface area contributed by atoms with Crippen molar-refractivity contribution in [1.29, 1.82) is 0 Å². The zero-order valence-electron chi connectivity index (χ0n) is 14.9. The number of benzene rings is 1. The molecule has 1 amide bonds. The molecule has 3 heterocycles. The number of pyridine rings is 1. The Hall–Kier alpha value is -3.06. The SMILES string of the molecule is O=C(NCc1cccnc1N1CCC[C@H](O)C1)c1cccc2nccnc12. The molecule has 0 saturated carbocycles. The van der Waals surface area contributed by atoms with Crippen LogP contribution in [-0.2, 0) is 6.54 Å². The van der Waals surface area contributed by atoms with Crippen LogP contribution in [0.15, 0.2) is 48.9 Å². The second-order valence-corrected chi connectivity index (χ2v) is 6.64. The minimum absolute atomic E-state index is 0.199. The number of amides is 1. The number of nitrogens with zero attached hydrogens (tertiary/aromatic N) is 4. The van der Waals surface area contributed by atoms with Crippen molar-refractivity contribution in [3.05, 3.63) is 60.0 Å². The van der Waals surface area contributed by atoms with Crippen LogP contribution in [0.4, 0.5) is 5.82 Å². The second kappa shape index (κ2) is 7.67. The maximum Gasteiger partial charge on any atom is 0.253 e. The van der Waals surface area contributed by atoms with Crippen LogP contribution in [-0.4, -0.2) is 45.2 Å². The second-order valence-electron chi connectivity index (χ2n) is 6.64. The first-order chi connectivity index (χ1) is 13.2. The Kier molecular flexibility index (Phi) is 4.93. The quantitative estimate of drug-likeness (QED) is 0.736. The lowest BCUT2D eigenvalue weighted by molar-refractivity contribution is 0.0952. The molecule has 1 fully saturated rings. The summed E-state index contributed by atoms with van der Waals surface area (Å²) >= 11 is 0. The van der Waals surface area contributed by atoms with Gasteiger partial charge in [0.15, 0.2) is 0 Å². The molecule has 0 unspecified atom stereocenters. The molecule has 7 heteroatoms. The highest BCUT2D eigenvalue weighted by Crippen LogP contribution is 2.22. The fraction of sp³-hybridized carbons (Fsp3) is 0.300. The van der Waals surface area contributed by atoms with Crippen LogP contribution >= 0.6 is 0 Å². The zero-order valence-corrected chi connectivity index (χ0v) is 14.9. The third kappa shape index (κ3) is 3.73. The average Bonchev–Trinajstić information content (AvgIpc) is 2.72. The summed E-state index contributed by atoms with van der Waals surface area (Å²) in [5, 5.41) is 12.9. The molecule has 2 N–H and O–H groups in total. The molecule has 1 aliphatic rings. The van der Waals surface area contributed by atoms with E-state index < -0.39 is 0 Å². The van der Waals surface area contributed by atoms with E-state index >= 15 is 0 Å². The van der Waals surface area contributed by atoms with Gasteiger partial charge >= 0.3 is 0 Å². The van der Waals surface area contributed by atoms with Gasteiger partial charge in [-0.3, -0.25) is 14.8 Å². The molecule has 2 aromatic heterocycles. The van der Waals surface area contributed by atoms with Gasteiger partial charge in [-0.2, -0.15) is 0 Å². The van der Waals surface area contributed by atoms with Gasteiger partial charge < -0.3 is 15.3 Å². The molecule has 138 valence electrons. The van der Waals surface area contributed by atoms with E-state index in [0.29, 0.717) is 29.7 Å². The number of aliphatic hydroxyl groups is 1. The Balaban J connectivity index is 1.53. The number of β-amino-alcohol motifs (C(OH)–C–C–N with tert-alkyl or cyclic N) is 1. The first-order valence-electron chi connectivity index (χ1n) is 9.07. The summed E-state index contributed by atoms with van der Waals surface area (Å²) in [6.07, 6.45) is 6.34. The van der Waals surface area contributed by atoms with Crippen molar-refractivity contribution in [2.24, 2.45) is 0 Å². The average molecular weight is 363 g/mol. The van der Waals surface area contributed by atoms with Crippen molar-refractivity contribution < 1.29 is 9.90 Å². The molecule has 1 aliphatic heterocycles. The summed E-state index contributed by atoms with van der Waals surface area (Å²) in [5.41, 5.74) is 2.70. The number of carbonyl (C=O) groups is 1. The van der Waals surface area contributed by atoms with Gasteiger partial charge in [0.1, 0.15) is 11.3 Å². The third-order valence-corrected chi connectivity index (χ3v) is 4.75. The van der Waals surface area contributed by atoms with E-state index in [1.165, 1.54) is 0 Å². The molecule has 0 bridgehead atoms. The van der Waals surface area contributed by atoms with E-state index in [1.54, 1.807) is 30.7 Å². The van der Waals surface area contributed by atoms with Gasteiger partial charge in [0.05, 0.1) is 17.2 Å². The van der Waals surface area contributed by atoms with Gasteiger partial charge in [-0.05, 0) is 31.0 Å². The summed E-state index contributed by atoms with van der Waals surface area (Å²) in [4.78, 5) is 27.8. The van der Waals surface area contributed by atoms with E-state index in [4.69, 9.17) is 0 Å². The number of aromatic nitrogens is 3. The number of rotatable bonds is 4. The molecule has 1 aromatic carbocycles. The van der Waals surface area contributed by atoms with Crippen LogP contribution in [0.3, 0.4) is 0 Å². The van der Waals surface area contributed by atoms with Crippen molar-refractivity contribution in [1.82, 2.24) is 20.3 Å². The molecule has 0 spiro atoms. The molecule has 27 heavy (non-hydrogen) atoms. The van der Waals surface area contributed by atoms with Crippen LogP contribution in [0.25, 0.3) is 11.0 Å². The molecule has 0 radical (unpaired) electrons. The number of nitrogens with one attached hydrogen (secondary N) is 1. The highest BCUT2D eigenvalue weighted by molar-refractivity contribution is 6.04. The van der Waals surface area contributed by atoms with Crippen molar-refractivity contribution in [3.8, 4) is 0 Å². The maximum atomic E-state index is 12.7. The predicted octanol–water partition coefficient (Wildman–Crippen LogP) is 1.92. The third-order valence-electron chi connectivity index (χ3n) is 4.75. The standard InChI is InChI=1S/C20H21N5O2/c26-15-5-3-11-25(13-15)19-14(4-2-8-23-19)12-24-20(27)16-6-1-7-17-18(16)22-10-9-21-17/h1-2,4,6-10,15,26H,3,5,11-13H2,(H,24,27)/t15-/m0/s1. The molecular formula is C20H21N5O2. The normalized spacial score (nSPS) is 17.1. The Morgan fingerprint density at radius 2 is 2.04 bits per heavy atom. The highest BCUT2D eigenvalue weighted by Gasteiger charge is 2.21. The monoisotopic (exact) mass is 363 g/mol. The van der Waals surface area contributed by atoms with Crippen LogP contribution in [0, 0.1) is 0 Å². The lowest BCUT2D eigenvalue weighted by Gasteiger charge is -2.32. The molecule has 1 atom stereocenters. The topological polar surface area (TPSA) is 91.2 Å². The molecular weight excluding hydrogens is 342 g/mol. The van der Waals surface area contributed by atoms with Gasteiger partial charge in [0, 0.05) is 43.8 Å². The minimum atomic E-state index is -0.336. The summed E-state index contributed by atoms with van der Waals surface area (Å²) < 4.78 is 0. The minimum Gasteiger partial charge on any atom is -0.391 e. The number of fused-ring (bicyclic) bond motifs is 1. The fourth-order valence-corrected chi connectivity index (χ4v) is 3.45. The van der Waals surface area contributed by atoms with Crippen molar-refractivity contribution in [2.75, 3.05) is 18.0 Å². The van der Waals surface area contributed by atoms with Gasteiger partial charge in [0.25, 0.3) is 5.91 Å². The Morgan fingerprint density at radius 3 is 2.93 bits per heavy atom. The van der Waals surface area contributed by atoms with Gasteiger partial charge in [-0.15, -0.1) is 0 Å². The maximum absolute atomic E-state index is 12.7. The summed E-state index contributed by atoms with van der Waals surface area (Å²) in [6, 6.07) is 9.19. The number of hydrogen-bond acceptors (Lipinski definition) is 6. The van der Waals surface area contributed by atoms with Crippen LogP contribution in [0.5, 0.6) is 0 Å². The smallest absolute Gasteiger partial charge is 0.253 e. The van der Waals surface area contributed by atoms with E-state index in [9.17, 15) is 9.90 Å². The van der Waals surface area contributed by atoms with E-state index in [-0.39, 0.29) is 12.0 Å². The number of anilines is 1. The van der Waals surface area contributed by atoms with E-state index in [2.05, 4.69) is 25.2 Å². The van der Waals surface area contributed by atoms with Crippen molar-refractivity contribution >= 4 is 22.8 Å². The van der Waals surface area contributed by atoms with Crippen LogP contribution < -0.4 is 10.2 Å². The number of carbonyl (C=O) groups excluding carboxylic acids is 1. The molecule has 0 aliphatic carbocycles. The van der Waals surface area contributed by atoms with E-state index in [0.717, 1.165) is 30.8 Å². The summed E-state index contributed by atoms with van der Waals surface area (Å²) in [6.45, 7) is 1.77. The highest BCUT2D eigenvalue weighted by atomic mass is 16.3. The number of piperidine rings is 1. The van der Waals surface area contributed by atoms with Crippen LogP contribution in [0.2, 0.25) is 0 Å². The molecule has 3 aromatic rings. The van der Waals surface area contributed by atoms with Gasteiger partial charge in [-0.25, -0.2) is 4.98 Å². The lowest BCUT2D eigenvalue weighted by Crippen LogP contribution is -2.39. The number of hydrogen-bond donors (Lipinski definition) is 2. The lowest BCUT2D eigenvalue weighted by atomic mass is 10.1. The van der Waals surface area contributed by atoms with Gasteiger partial charge in [-0.1, -0.05) is 12.1 Å². The Morgan fingerprint density at radius 1 is 1.15 bits per heavy atom. The van der Waals surface area contributed by atoms with Crippen LogP contribution in [0.1, 0.15) is 28.8 Å². The number of aliphatic hydroxyl groups excluding tert-OH is 1. The first-order valence-corrected chi connectivity index (χ1v) is 9.07. The van der Waals surface area contributed by atoms with Crippen molar-refractivity contribution in [3.63, 3.8) is 0 Å². The first kappa shape index (κ1) is 17.4. The molecule has 7 nitrogen and oxygen atoms in total. The fourth-order valence-electron chi connectivity index (χ4n) is 3.45. The van der Waals surface area contributed by atoms with E-state index in [1.807, 2.05) is 18.2 Å². The number of para-hydroxylation sites is 1. The summed E-state index contributed by atoms with van der Waals surface area (Å²) in [7, 11) is 0. The Bertz CT molecular complexity index is 957. The molecule has 4 rings (SSSR count). The largest absolute Gasteiger partial charge is 0.391 e. The van der Waals surface area contributed by atoms with Crippen molar-refractivity contribution in [2.45, 2.75) is 25.5 Å². The summed E-state index contributed by atoms with van der Waals surface area (Å²) in [5.74, 6) is 0.615. The Labute approximate surface area is 157 Å². The predicted molar refractivity (Wildman–Crippen MR) is 102 cm³/mol.